The predicted octanol–water partition coefficient (Wildman–Crippen LogP) is 2.19. The zero-order chi connectivity index (χ0) is 12.3. The fourth-order valence-corrected chi connectivity index (χ4v) is 2.32. The van der Waals surface area contributed by atoms with Crippen molar-refractivity contribution in [2.75, 3.05) is 13.1 Å². The minimum atomic E-state index is 0. The molecule has 1 unspecified atom stereocenters. The van der Waals surface area contributed by atoms with E-state index in [0.717, 1.165) is 31.5 Å². The van der Waals surface area contributed by atoms with Gasteiger partial charge in [-0.1, -0.05) is 6.07 Å². The van der Waals surface area contributed by atoms with Crippen LogP contribution in [0.4, 0.5) is 0 Å². The third-order valence-electron chi connectivity index (χ3n) is 3.27. The van der Waals surface area contributed by atoms with Crippen LogP contribution in [0.25, 0.3) is 0 Å². The van der Waals surface area contributed by atoms with Gasteiger partial charge in [-0.15, -0.1) is 24.8 Å². The summed E-state index contributed by atoms with van der Waals surface area (Å²) in [5.74, 6) is 0.0175. The standard InChI is InChI=1S/C13H19N3O.2ClH/c1-10-5-4-7-12(15-10)13(17)16-8-3-2-6-11(16)9-14;;/h4-5,7,11H,2-3,6,8-9,14H2,1H3;2*1H. The number of carbonyl (C=O) groups excluding carboxylic acids is 1. The molecule has 1 aliphatic heterocycles. The van der Waals surface area contributed by atoms with Gasteiger partial charge in [0.15, 0.2) is 0 Å². The number of hydrogen-bond donors (Lipinski definition) is 1. The van der Waals surface area contributed by atoms with Gasteiger partial charge in [-0.05, 0) is 38.3 Å². The van der Waals surface area contributed by atoms with E-state index in [1.54, 1.807) is 6.07 Å². The van der Waals surface area contributed by atoms with E-state index >= 15 is 0 Å². The fourth-order valence-electron chi connectivity index (χ4n) is 2.32. The minimum Gasteiger partial charge on any atom is -0.333 e. The van der Waals surface area contributed by atoms with Crippen LogP contribution in [0, 0.1) is 6.92 Å². The van der Waals surface area contributed by atoms with E-state index in [4.69, 9.17) is 5.73 Å². The predicted molar refractivity (Wildman–Crippen MR) is 81.2 cm³/mol. The van der Waals surface area contributed by atoms with Gasteiger partial charge in [0.05, 0.1) is 0 Å². The van der Waals surface area contributed by atoms with Gasteiger partial charge in [-0.2, -0.15) is 0 Å². The molecular weight excluding hydrogens is 285 g/mol. The maximum Gasteiger partial charge on any atom is 0.272 e. The molecule has 19 heavy (non-hydrogen) atoms. The fraction of sp³-hybridized carbons (Fsp3) is 0.538. The van der Waals surface area contributed by atoms with E-state index in [0.29, 0.717) is 12.2 Å². The summed E-state index contributed by atoms with van der Waals surface area (Å²) in [6, 6.07) is 5.72. The van der Waals surface area contributed by atoms with Crippen LogP contribution in [-0.4, -0.2) is 34.9 Å². The van der Waals surface area contributed by atoms with Crippen LogP contribution in [0.15, 0.2) is 18.2 Å². The summed E-state index contributed by atoms with van der Waals surface area (Å²) in [5, 5.41) is 0. The molecule has 108 valence electrons. The summed E-state index contributed by atoms with van der Waals surface area (Å²) >= 11 is 0. The minimum absolute atomic E-state index is 0. The Kier molecular flexibility index (Phi) is 7.99. The maximum atomic E-state index is 12.3. The molecule has 0 aromatic carbocycles. The molecular formula is C13H21Cl2N3O. The first-order valence-corrected chi connectivity index (χ1v) is 6.17. The number of aromatic nitrogens is 1. The molecule has 2 rings (SSSR count). The Morgan fingerprint density at radius 3 is 2.79 bits per heavy atom. The normalized spacial score (nSPS) is 18.2. The molecule has 1 aromatic rings. The molecule has 1 atom stereocenters. The Bertz CT molecular complexity index is 415. The smallest absolute Gasteiger partial charge is 0.272 e. The molecule has 6 heteroatoms. The molecule has 0 saturated carbocycles. The Morgan fingerprint density at radius 2 is 2.16 bits per heavy atom. The Morgan fingerprint density at radius 1 is 1.42 bits per heavy atom. The Hall–Kier alpha value is -0.840. The topological polar surface area (TPSA) is 59.2 Å². The van der Waals surface area contributed by atoms with Crippen LogP contribution in [-0.2, 0) is 0 Å². The molecule has 4 nitrogen and oxygen atoms in total. The summed E-state index contributed by atoms with van der Waals surface area (Å²) < 4.78 is 0. The largest absolute Gasteiger partial charge is 0.333 e. The maximum absolute atomic E-state index is 12.3. The van der Waals surface area contributed by atoms with Gasteiger partial charge in [-0.25, -0.2) is 4.98 Å². The van der Waals surface area contributed by atoms with Crippen LogP contribution >= 0.6 is 24.8 Å². The van der Waals surface area contributed by atoms with Crippen molar-refractivity contribution < 1.29 is 4.79 Å². The van der Waals surface area contributed by atoms with Crippen molar-refractivity contribution in [3.63, 3.8) is 0 Å². The Labute approximate surface area is 126 Å². The van der Waals surface area contributed by atoms with Gasteiger partial charge < -0.3 is 10.6 Å². The van der Waals surface area contributed by atoms with E-state index in [1.807, 2.05) is 24.0 Å². The lowest BCUT2D eigenvalue weighted by Gasteiger charge is -2.34. The van der Waals surface area contributed by atoms with Crippen molar-refractivity contribution in [2.45, 2.75) is 32.2 Å². The number of rotatable bonds is 2. The van der Waals surface area contributed by atoms with Crippen LogP contribution < -0.4 is 5.73 Å². The van der Waals surface area contributed by atoms with Gasteiger partial charge in [0, 0.05) is 24.8 Å². The summed E-state index contributed by atoms with van der Waals surface area (Å²) in [4.78, 5) is 18.5. The number of nitrogens with two attached hydrogens (primary N) is 1. The van der Waals surface area contributed by atoms with Crippen LogP contribution in [0.2, 0.25) is 0 Å². The highest BCUT2D eigenvalue weighted by molar-refractivity contribution is 5.92. The Balaban J connectivity index is 0.00000162. The number of carbonyl (C=O) groups is 1. The molecule has 1 aliphatic rings. The summed E-state index contributed by atoms with van der Waals surface area (Å²) in [6.07, 6.45) is 3.23. The highest BCUT2D eigenvalue weighted by atomic mass is 35.5. The van der Waals surface area contributed by atoms with Gasteiger partial charge >= 0.3 is 0 Å². The van der Waals surface area contributed by atoms with E-state index in [1.165, 1.54) is 0 Å². The molecule has 0 radical (unpaired) electrons. The molecule has 2 heterocycles. The first-order chi connectivity index (χ1) is 8.22. The molecule has 1 amide bonds. The van der Waals surface area contributed by atoms with Crippen molar-refractivity contribution in [1.29, 1.82) is 0 Å². The zero-order valence-electron chi connectivity index (χ0n) is 11.0. The second-order valence-corrected chi connectivity index (χ2v) is 4.55. The second-order valence-electron chi connectivity index (χ2n) is 4.55. The van der Waals surface area contributed by atoms with Crippen LogP contribution in [0.1, 0.15) is 35.4 Å². The van der Waals surface area contributed by atoms with Gasteiger partial charge in [0.1, 0.15) is 5.69 Å². The van der Waals surface area contributed by atoms with E-state index in [-0.39, 0.29) is 36.8 Å². The van der Waals surface area contributed by atoms with Crippen molar-refractivity contribution in [3.05, 3.63) is 29.6 Å². The molecule has 0 bridgehead atoms. The van der Waals surface area contributed by atoms with Crippen LogP contribution in [0.5, 0.6) is 0 Å². The second kappa shape index (κ2) is 8.35. The monoisotopic (exact) mass is 305 g/mol. The number of nitrogens with zero attached hydrogens (tertiary/aromatic N) is 2. The van der Waals surface area contributed by atoms with Crippen LogP contribution in [0.3, 0.4) is 0 Å². The average Bonchev–Trinajstić information content (AvgIpc) is 2.38. The lowest BCUT2D eigenvalue weighted by molar-refractivity contribution is 0.0617. The highest BCUT2D eigenvalue weighted by Crippen LogP contribution is 2.18. The van der Waals surface area contributed by atoms with Gasteiger partial charge in [0.2, 0.25) is 0 Å². The molecule has 0 spiro atoms. The summed E-state index contributed by atoms with van der Waals surface area (Å²) in [7, 11) is 0. The van der Waals surface area contributed by atoms with Gasteiger partial charge in [-0.3, -0.25) is 4.79 Å². The number of aryl methyl sites for hydroxylation is 1. The van der Waals surface area contributed by atoms with E-state index in [9.17, 15) is 4.79 Å². The zero-order valence-corrected chi connectivity index (χ0v) is 12.7. The SMILES string of the molecule is Cc1cccc(C(=O)N2CCCCC2CN)n1.Cl.Cl. The van der Waals surface area contributed by atoms with E-state index < -0.39 is 0 Å². The third-order valence-corrected chi connectivity index (χ3v) is 3.27. The molecule has 2 N–H and O–H groups in total. The first kappa shape index (κ1) is 18.2. The number of halogens is 2. The number of piperidine rings is 1. The molecule has 0 aliphatic carbocycles. The number of amides is 1. The lowest BCUT2D eigenvalue weighted by Crippen LogP contribution is -2.47. The number of hydrogen-bond acceptors (Lipinski definition) is 3. The quantitative estimate of drug-likeness (QED) is 0.911. The first-order valence-electron chi connectivity index (χ1n) is 6.17. The highest BCUT2D eigenvalue weighted by Gasteiger charge is 2.26. The van der Waals surface area contributed by atoms with Crippen molar-refractivity contribution in [3.8, 4) is 0 Å². The molecule has 1 aromatic heterocycles. The summed E-state index contributed by atoms with van der Waals surface area (Å²) in [5.41, 5.74) is 7.13. The summed E-state index contributed by atoms with van der Waals surface area (Å²) in [6.45, 7) is 3.24. The molecule has 1 saturated heterocycles. The van der Waals surface area contributed by atoms with Crippen molar-refractivity contribution >= 4 is 30.7 Å². The van der Waals surface area contributed by atoms with Crippen molar-refractivity contribution in [2.24, 2.45) is 5.73 Å². The van der Waals surface area contributed by atoms with E-state index in [2.05, 4.69) is 4.98 Å². The average molecular weight is 306 g/mol. The van der Waals surface area contributed by atoms with Crippen molar-refractivity contribution in [1.82, 2.24) is 9.88 Å². The number of pyridine rings is 1. The number of likely N-dealkylation sites (tertiary alicyclic amines) is 1. The third kappa shape index (κ3) is 4.34. The van der Waals surface area contributed by atoms with Gasteiger partial charge in [0.25, 0.3) is 5.91 Å². The lowest BCUT2D eigenvalue weighted by atomic mass is 10.0. The molecule has 1 fully saturated rings.